The molecule has 1 aromatic carbocycles. The second-order valence-electron chi connectivity index (χ2n) is 8.76. The summed E-state index contributed by atoms with van der Waals surface area (Å²) in [4.78, 5) is 12.6. The van der Waals surface area contributed by atoms with Gasteiger partial charge in [0.2, 0.25) is 5.95 Å². The largest absolute Gasteiger partial charge is 0.366 e. The number of fused-ring (bicyclic) bond motifs is 1. The molecule has 1 saturated carbocycles. The quantitative estimate of drug-likeness (QED) is 0.369. The number of aromatic amines is 1. The molecule has 5 rings (SSSR count). The van der Waals surface area contributed by atoms with Crippen molar-refractivity contribution in [3.05, 3.63) is 46.7 Å². The number of anilines is 3. The summed E-state index contributed by atoms with van der Waals surface area (Å²) in [7, 11) is 0. The zero-order valence-electron chi connectivity index (χ0n) is 17.8. The van der Waals surface area contributed by atoms with Crippen LogP contribution in [0.4, 0.5) is 17.5 Å². The molecule has 4 N–H and O–H groups in total. The summed E-state index contributed by atoms with van der Waals surface area (Å²) in [6.45, 7) is 4.30. The molecule has 1 aliphatic carbocycles. The van der Waals surface area contributed by atoms with Crippen LogP contribution in [0.25, 0.3) is 16.5 Å². The molecule has 2 aliphatic rings. The Morgan fingerprint density at radius 3 is 2.84 bits per heavy atom. The van der Waals surface area contributed by atoms with Crippen molar-refractivity contribution in [3.8, 4) is 0 Å². The number of hydrogen-bond donors (Lipinski definition) is 4. The number of halogens is 1. The van der Waals surface area contributed by atoms with E-state index >= 15 is 0 Å². The van der Waals surface area contributed by atoms with Crippen LogP contribution >= 0.6 is 15.9 Å². The molecule has 1 aliphatic heterocycles. The highest BCUT2D eigenvalue weighted by atomic mass is 79.9. The summed E-state index contributed by atoms with van der Waals surface area (Å²) >= 11 is 3.60. The molecule has 31 heavy (non-hydrogen) atoms. The molecule has 0 amide bonds. The van der Waals surface area contributed by atoms with E-state index in [0.29, 0.717) is 12.0 Å². The van der Waals surface area contributed by atoms with Gasteiger partial charge in [-0.1, -0.05) is 13.0 Å². The first-order valence-corrected chi connectivity index (χ1v) is 12.0. The van der Waals surface area contributed by atoms with Crippen molar-refractivity contribution >= 4 is 49.9 Å². The van der Waals surface area contributed by atoms with Gasteiger partial charge in [-0.2, -0.15) is 4.98 Å². The summed E-state index contributed by atoms with van der Waals surface area (Å²) in [5.41, 5.74) is 4.81. The van der Waals surface area contributed by atoms with Crippen molar-refractivity contribution in [3.63, 3.8) is 0 Å². The van der Waals surface area contributed by atoms with Crippen LogP contribution in [-0.2, 0) is 0 Å². The van der Waals surface area contributed by atoms with Crippen LogP contribution in [0.1, 0.15) is 44.6 Å². The lowest BCUT2D eigenvalue weighted by Crippen LogP contribution is -2.26. The zero-order valence-corrected chi connectivity index (χ0v) is 19.4. The van der Waals surface area contributed by atoms with E-state index in [9.17, 15) is 0 Å². The van der Waals surface area contributed by atoms with Gasteiger partial charge in [-0.05, 0) is 84.3 Å². The molecule has 7 heteroatoms. The van der Waals surface area contributed by atoms with Crippen molar-refractivity contribution in [2.75, 3.05) is 23.7 Å². The van der Waals surface area contributed by atoms with Gasteiger partial charge in [-0.15, -0.1) is 0 Å². The highest BCUT2D eigenvalue weighted by molar-refractivity contribution is 9.10. The molecule has 0 saturated heterocycles. The van der Waals surface area contributed by atoms with Crippen molar-refractivity contribution < 1.29 is 0 Å². The van der Waals surface area contributed by atoms with Gasteiger partial charge in [-0.25, -0.2) is 4.98 Å². The monoisotopic (exact) mass is 480 g/mol. The highest BCUT2D eigenvalue weighted by Gasteiger charge is 2.19. The minimum atomic E-state index is 0.479. The van der Waals surface area contributed by atoms with E-state index < -0.39 is 0 Å². The van der Waals surface area contributed by atoms with E-state index in [0.717, 1.165) is 46.9 Å². The second-order valence-corrected chi connectivity index (χ2v) is 9.62. The highest BCUT2D eigenvalue weighted by Crippen LogP contribution is 2.32. The van der Waals surface area contributed by atoms with Gasteiger partial charge in [0, 0.05) is 47.1 Å². The average molecular weight is 481 g/mol. The molecule has 2 aromatic heterocycles. The van der Waals surface area contributed by atoms with Gasteiger partial charge < -0.3 is 20.9 Å². The van der Waals surface area contributed by atoms with Crippen molar-refractivity contribution in [1.82, 2.24) is 20.3 Å². The number of aromatic nitrogens is 3. The molecule has 3 heterocycles. The van der Waals surface area contributed by atoms with Gasteiger partial charge in [0.15, 0.2) is 0 Å². The summed E-state index contributed by atoms with van der Waals surface area (Å²) in [5.74, 6) is 2.30. The van der Waals surface area contributed by atoms with Crippen LogP contribution in [0, 0.1) is 5.92 Å². The van der Waals surface area contributed by atoms with Crippen LogP contribution < -0.4 is 16.0 Å². The maximum Gasteiger partial charge on any atom is 0.229 e. The Morgan fingerprint density at radius 1 is 1.16 bits per heavy atom. The van der Waals surface area contributed by atoms with Crippen molar-refractivity contribution in [2.24, 2.45) is 5.92 Å². The fraction of sp³-hybridized carbons (Fsp3) is 0.417. The van der Waals surface area contributed by atoms with Crippen LogP contribution in [0.2, 0.25) is 0 Å². The molecule has 0 unspecified atom stereocenters. The first-order chi connectivity index (χ1) is 15.2. The van der Waals surface area contributed by atoms with E-state index in [1.54, 1.807) is 0 Å². The lowest BCUT2D eigenvalue weighted by atomic mass is 9.87. The number of nitrogens with one attached hydrogen (secondary N) is 4. The predicted octanol–water partition coefficient (Wildman–Crippen LogP) is 5.83. The number of rotatable bonds is 5. The molecule has 0 radical (unpaired) electrons. The van der Waals surface area contributed by atoms with Crippen molar-refractivity contribution in [2.45, 2.75) is 45.1 Å². The smallest absolute Gasteiger partial charge is 0.229 e. The van der Waals surface area contributed by atoms with Crippen LogP contribution in [-0.4, -0.2) is 34.1 Å². The van der Waals surface area contributed by atoms with E-state index in [-0.39, 0.29) is 0 Å². The van der Waals surface area contributed by atoms with Gasteiger partial charge in [0.1, 0.15) is 5.82 Å². The van der Waals surface area contributed by atoms with Crippen molar-refractivity contribution in [1.29, 1.82) is 0 Å². The minimum absolute atomic E-state index is 0.479. The Kier molecular flexibility index (Phi) is 5.96. The fourth-order valence-electron chi connectivity index (χ4n) is 4.59. The lowest BCUT2D eigenvalue weighted by molar-refractivity contribution is 0.360. The average Bonchev–Trinajstić information content (AvgIpc) is 3.21. The van der Waals surface area contributed by atoms with Gasteiger partial charge in [0.05, 0.1) is 4.47 Å². The minimum Gasteiger partial charge on any atom is -0.366 e. The molecule has 1 fully saturated rings. The van der Waals surface area contributed by atoms with E-state index in [1.165, 1.54) is 42.2 Å². The Balaban J connectivity index is 1.36. The Hall–Kier alpha value is -2.38. The zero-order chi connectivity index (χ0) is 21.2. The molecule has 6 nitrogen and oxygen atoms in total. The molecular formula is C24H29BrN6. The Morgan fingerprint density at radius 2 is 2.03 bits per heavy atom. The fourth-order valence-corrected chi connectivity index (χ4v) is 4.89. The van der Waals surface area contributed by atoms with Gasteiger partial charge in [-0.3, -0.25) is 0 Å². The van der Waals surface area contributed by atoms with Crippen LogP contribution in [0.5, 0.6) is 0 Å². The number of nitrogens with zero attached hydrogens (tertiary/aromatic N) is 2. The molecular weight excluding hydrogens is 452 g/mol. The topological polar surface area (TPSA) is 77.7 Å². The lowest BCUT2D eigenvalue weighted by Gasteiger charge is -2.27. The second kappa shape index (κ2) is 9.01. The molecule has 3 aromatic rings. The van der Waals surface area contributed by atoms with Gasteiger partial charge in [0.25, 0.3) is 0 Å². The van der Waals surface area contributed by atoms with E-state index in [2.05, 4.69) is 79.2 Å². The summed E-state index contributed by atoms with van der Waals surface area (Å²) in [6, 6.07) is 6.85. The van der Waals surface area contributed by atoms with Crippen LogP contribution in [0.15, 0.2) is 41.1 Å². The SMILES string of the molecule is CC1CCC(Nc2nc(Nc3ccc4[nH]cc(C5=CCNCC5)c4c3)ncc2Br)CC1. The van der Waals surface area contributed by atoms with E-state index in [4.69, 9.17) is 4.98 Å². The molecule has 0 bridgehead atoms. The molecule has 0 atom stereocenters. The van der Waals surface area contributed by atoms with Gasteiger partial charge >= 0.3 is 0 Å². The number of H-pyrrole nitrogens is 1. The maximum atomic E-state index is 4.75. The third-order valence-electron chi connectivity index (χ3n) is 6.45. The third kappa shape index (κ3) is 4.62. The third-order valence-corrected chi connectivity index (χ3v) is 7.03. The normalized spacial score (nSPS) is 21.7. The standard InChI is InChI=1S/C24H29BrN6/c1-15-2-4-17(5-3-15)29-23-21(25)14-28-24(31-23)30-18-6-7-22-19(12-18)20(13-27-22)16-8-10-26-11-9-16/h6-8,12-15,17,26-27H,2-5,9-11H2,1H3,(H2,28,29,30,31). The number of benzene rings is 1. The summed E-state index contributed by atoms with van der Waals surface area (Å²) in [6.07, 6.45) is 12.2. The van der Waals surface area contributed by atoms with E-state index in [1.807, 2.05) is 6.20 Å². The Labute approximate surface area is 191 Å². The first kappa shape index (κ1) is 20.5. The summed E-state index contributed by atoms with van der Waals surface area (Å²) in [5, 5.41) is 11.6. The summed E-state index contributed by atoms with van der Waals surface area (Å²) < 4.78 is 0.901. The van der Waals surface area contributed by atoms with Crippen LogP contribution in [0.3, 0.4) is 0 Å². The number of hydrogen-bond acceptors (Lipinski definition) is 5. The molecule has 0 spiro atoms. The maximum absolute atomic E-state index is 4.75. The predicted molar refractivity (Wildman–Crippen MR) is 132 cm³/mol. The first-order valence-electron chi connectivity index (χ1n) is 11.2. The molecule has 162 valence electrons. The Bertz CT molecular complexity index is 1100.